The first-order valence-electron chi connectivity index (χ1n) is 11.6. The second-order valence-corrected chi connectivity index (χ2v) is 8.59. The zero-order chi connectivity index (χ0) is 25.7. The third-order valence-electron chi connectivity index (χ3n) is 5.87. The fourth-order valence-corrected chi connectivity index (χ4v) is 4.14. The van der Waals surface area contributed by atoms with E-state index in [-0.39, 0.29) is 34.0 Å². The van der Waals surface area contributed by atoms with E-state index in [2.05, 4.69) is 15.0 Å². The van der Waals surface area contributed by atoms with E-state index in [0.29, 0.717) is 0 Å². The lowest BCUT2D eigenvalue weighted by Gasteiger charge is -1.98. The smallest absolute Gasteiger partial charge is 0.248 e. The molecule has 3 radical (unpaired) electrons. The molecule has 6 aromatic rings. The maximum atomic E-state index is 11.0. The Morgan fingerprint density at radius 2 is 0.676 bits per heavy atom. The highest BCUT2D eigenvalue weighted by Crippen LogP contribution is 2.14. The molecule has 3 heterocycles. The summed E-state index contributed by atoms with van der Waals surface area (Å²) in [6.45, 7) is 5.83. The molecular formula is C30H27AlN3O3. The van der Waals surface area contributed by atoms with Gasteiger partial charge >= 0.3 is 0 Å². The molecule has 0 aliphatic rings. The van der Waals surface area contributed by atoms with Gasteiger partial charge in [-0.25, -0.2) is 0 Å². The lowest BCUT2D eigenvalue weighted by molar-refractivity contribution is 1.28. The molecule has 3 aromatic carbocycles. The van der Waals surface area contributed by atoms with Crippen molar-refractivity contribution in [2.75, 3.05) is 0 Å². The Bertz CT molecular complexity index is 1630. The van der Waals surface area contributed by atoms with Crippen LogP contribution in [0.15, 0.2) is 105 Å². The molecule has 6 rings (SSSR count). The van der Waals surface area contributed by atoms with Crippen LogP contribution in [0.25, 0.3) is 32.7 Å². The van der Waals surface area contributed by atoms with Gasteiger partial charge in [0, 0.05) is 68.3 Å². The summed E-state index contributed by atoms with van der Waals surface area (Å²) in [6, 6.07) is 28.2. The molecule has 7 heteroatoms. The van der Waals surface area contributed by atoms with Crippen molar-refractivity contribution in [3.8, 4) is 0 Å². The third-order valence-corrected chi connectivity index (χ3v) is 5.87. The van der Waals surface area contributed by atoms with Crippen LogP contribution < -0.4 is 16.7 Å². The van der Waals surface area contributed by atoms with Gasteiger partial charge in [0.05, 0.1) is 0 Å². The number of aromatic amines is 3. The van der Waals surface area contributed by atoms with Gasteiger partial charge in [-0.05, 0) is 55.7 Å². The van der Waals surface area contributed by atoms with Crippen LogP contribution in [-0.4, -0.2) is 32.3 Å². The summed E-state index contributed by atoms with van der Waals surface area (Å²) in [6.07, 6.45) is 0. The molecule has 3 aromatic heterocycles. The van der Waals surface area contributed by atoms with E-state index < -0.39 is 0 Å². The molecule has 0 fully saturated rings. The van der Waals surface area contributed by atoms with Gasteiger partial charge in [-0.2, -0.15) is 0 Å². The van der Waals surface area contributed by atoms with Crippen LogP contribution in [0.1, 0.15) is 16.7 Å². The van der Waals surface area contributed by atoms with E-state index >= 15 is 0 Å². The molecule has 0 saturated carbocycles. The summed E-state index contributed by atoms with van der Waals surface area (Å²) in [4.78, 5) is 41.5. The normalized spacial score (nSPS) is 10.1. The predicted molar refractivity (Wildman–Crippen MR) is 154 cm³/mol. The number of para-hydroxylation sites is 3. The Labute approximate surface area is 224 Å². The second kappa shape index (κ2) is 12.2. The number of nitrogens with one attached hydrogen (secondary N) is 3. The van der Waals surface area contributed by atoms with Crippen LogP contribution in [0.2, 0.25) is 0 Å². The van der Waals surface area contributed by atoms with Crippen molar-refractivity contribution < 1.29 is 0 Å². The van der Waals surface area contributed by atoms with Crippen LogP contribution in [0.5, 0.6) is 0 Å². The Morgan fingerprint density at radius 3 is 0.946 bits per heavy atom. The average molecular weight is 505 g/mol. The van der Waals surface area contributed by atoms with Crippen molar-refractivity contribution in [3.63, 3.8) is 0 Å². The predicted octanol–water partition coefficient (Wildman–Crippen LogP) is 5.13. The first-order valence-corrected chi connectivity index (χ1v) is 11.6. The van der Waals surface area contributed by atoms with Gasteiger partial charge in [0.15, 0.2) is 0 Å². The monoisotopic (exact) mass is 504 g/mol. The standard InChI is InChI=1S/3C10H9NO.Al/c3*1-7-6-10(12)11-9-5-3-2-4-8(7)9;/h3*2-6H,1H3,(H,11,12);. The number of fused-ring (bicyclic) bond motifs is 3. The Balaban J connectivity index is 0.000000152. The highest BCUT2D eigenvalue weighted by molar-refractivity contribution is 5.82. The Morgan fingerprint density at radius 1 is 0.432 bits per heavy atom. The number of benzene rings is 3. The van der Waals surface area contributed by atoms with E-state index in [1.54, 1.807) is 18.2 Å². The minimum atomic E-state index is -0.0359. The van der Waals surface area contributed by atoms with Crippen molar-refractivity contribution >= 4 is 50.1 Å². The molecule has 6 nitrogen and oxygen atoms in total. The summed E-state index contributed by atoms with van der Waals surface area (Å²) in [5.41, 5.74) is 5.68. The van der Waals surface area contributed by atoms with E-state index in [0.717, 1.165) is 49.4 Å². The molecule has 0 amide bonds. The van der Waals surface area contributed by atoms with Crippen LogP contribution in [0, 0.1) is 20.8 Å². The van der Waals surface area contributed by atoms with Crippen LogP contribution in [0.3, 0.4) is 0 Å². The van der Waals surface area contributed by atoms with Gasteiger partial charge in [0.2, 0.25) is 16.7 Å². The summed E-state index contributed by atoms with van der Waals surface area (Å²) < 4.78 is 0. The SMILES string of the molecule is Cc1cc(=O)[nH]c2ccccc12.Cc1cc(=O)[nH]c2ccccc12.Cc1cc(=O)[nH]c2ccccc12.[Al]. The minimum Gasteiger partial charge on any atom is -0.322 e. The summed E-state index contributed by atoms with van der Waals surface area (Å²) >= 11 is 0. The highest BCUT2D eigenvalue weighted by Gasteiger charge is 1.98. The van der Waals surface area contributed by atoms with E-state index in [4.69, 9.17) is 0 Å². The molecule has 0 atom stereocenters. The maximum Gasteiger partial charge on any atom is 0.248 e. The van der Waals surface area contributed by atoms with E-state index in [1.807, 2.05) is 93.6 Å². The van der Waals surface area contributed by atoms with Crippen molar-refractivity contribution in [3.05, 3.63) is 139 Å². The van der Waals surface area contributed by atoms with Crippen molar-refractivity contribution in [1.29, 1.82) is 0 Å². The number of aryl methyl sites for hydroxylation is 3. The number of H-pyrrole nitrogens is 3. The van der Waals surface area contributed by atoms with Gasteiger partial charge in [-0.3, -0.25) is 14.4 Å². The van der Waals surface area contributed by atoms with Gasteiger partial charge in [-0.15, -0.1) is 0 Å². The largest absolute Gasteiger partial charge is 0.322 e. The van der Waals surface area contributed by atoms with Gasteiger partial charge in [0.25, 0.3) is 0 Å². The quantitative estimate of drug-likeness (QED) is 0.250. The third kappa shape index (κ3) is 6.74. The maximum absolute atomic E-state index is 11.0. The Kier molecular flexibility index (Phi) is 9.02. The van der Waals surface area contributed by atoms with Gasteiger partial charge in [0.1, 0.15) is 0 Å². The number of hydrogen-bond acceptors (Lipinski definition) is 3. The molecule has 0 aliphatic carbocycles. The first kappa shape index (κ1) is 27.4. The van der Waals surface area contributed by atoms with Crippen LogP contribution in [-0.2, 0) is 0 Å². The molecular weight excluding hydrogens is 477 g/mol. The molecule has 0 spiro atoms. The summed E-state index contributed by atoms with van der Waals surface area (Å²) in [5.74, 6) is 0. The average Bonchev–Trinajstić information content (AvgIpc) is 2.85. The summed E-state index contributed by atoms with van der Waals surface area (Å²) in [5, 5.41) is 3.33. The molecule has 0 saturated heterocycles. The lowest BCUT2D eigenvalue weighted by Crippen LogP contribution is -2.04. The van der Waals surface area contributed by atoms with Crippen molar-refractivity contribution in [2.45, 2.75) is 20.8 Å². The molecule has 0 bridgehead atoms. The molecule has 183 valence electrons. The number of rotatable bonds is 0. The summed E-state index contributed by atoms with van der Waals surface area (Å²) in [7, 11) is 0. The fraction of sp³-hybridized carbons (Fsp3) is 0.100. The Hall–Kier alpha value is -4.18. The zero-order valence-electron chi connectivity index (χ0n) is 21.0. The lowest BCUT2D eigenvalue weighted by atomic mass is 10.1. The fourth-order valence-electron chi connectivity index (χ4n) is 4.14. The van der Waals surface area contributed by atoms with Crippen molar-refractivity contribution in [2.24, 2.45) is 0 Å². The molecule has 0 aliphatic heterocycles. The van der Waals surface area contributed by atoms with Crippen molar-refractivity contribution in [1.82, 2.24) is 15.0 Å². The van der Waals surface area contributed by atoms with E-state index in [1.165, 1.54) is 0 Å². The molecule has 37 heavy (non-hydrogen) atoms. The van der Waals surface area contributed by atoms with Crippen LogP contribution in [0.4, 0.5) is 0 Å². The minimum absolute atomic E-state index is 0. The number of pyridine rings is 3. The number of hydrogen-bond donors (Lipinski definition) is 3. The first-order chi connectivity index (χ1) is 17.3. The van der Waals surface area contributed by atoms with Crippen LogP contribution >= 0.6 is 0 Å². The van der Waals surface area contributed by atoms with E-state index in [9.17, 15) is 14.4 Å². The molecule has 0 unspecified atom stereocenters. The molecule has 3 N–H and O–H groups in total. The van der Waals surface area contributed by atoms with Gasteiger partial charge < -0.3 is 15.0 Å². The topological polar surface area (TPSA) is 98.6 Å². The zero-order valence-corrected chi connectivity index (χ0v) is 22.1. The van der Waals surface area contributed by atoms with Gasteiger partial charge in [-0.1, -0.05) is 54.6 Å². The highest BCUT2D eigenvalue weighted by atomic mass is 27.0. The number of aromatic nitrogens is 3. The second-order valence-electron chi connectivity index (χ2n) is 8.59.